The van der Waals surface area contributed by atoms with Gasteiger partial charge >= 0.3 is 0 Å². The number of hydrogen-bond donors (Lipinski definition) is 1. The third-order valence-corrected chi connectivity index (χ3v) is 2.88. The maximum atomic E-state index is 12.9. The molecule has 0 radical (unpaired) electrons. The summed E-state index contributed by atoms with van der Waals surface area (Å²) in [6.45, 7) is 5.24. The lowest BCUT2D eigenvalue weighted by Gasteiger charge is -2.46. The summed E-state index contributed by atoms with van der Waals surface area (Å²) in [6, 6.07) is 6.89. The summed E-state index contributed by atoms with van der Waals surface area (Å²) in [6.07, 6.45) is 0. The summed E-state index contributed by atoms with van der Waals surface area (Å²) in [7, 11) is 0. The minimum atomic E-state index is -0.139. The second-order valence-corrected chi connectivity index (χ2v) is 4.21. The van der Waals surface area contributed by atoms with Crippen LogP contribution in [0.2, 0.25) is 0 Å². The average molecular weight is 179 g/mol. The van der Waals surface area contributed by atoms with Crippen LogP contribution in [0.3, 0.4) is 0 Å². The van der Waals surface area contributed by atoms with Crippen LogP contribution in [0.4, 0.5) is 4.39 Å². The minimum Gasteiger partial charge on any atom is -0.310 e. The predicted octanol–water partition coefficient (Wildman–Crippen LogP) is 2.29. The molecule has 1 unspecified atom stereocenters. The molecule has 70 valence electrons. The summed E-state index contributed by atoms with van der Waals surface area (Å²) in [4.78, 5) is 0. The van der Waals surface area contributed by atoms with Crippen LogP contribution in [-0.2, 0) is 0 Å². The van der Waals surface area contributed by atoms with E-state index in [1.807, 2.05) is 6.07 Å². The molecule has 1 aromatic carbocycles. The fourth-order valence-electron chi connectivity index (χ4n) is 1.87. The molecule has 2 rings (SSSR count). The Hall–Kier alpha value is -0.890. The number of halogens is 1. The van der Waals surface area contributed by atoms with Crippen molar-refractivity contribution in [2.45, 2.75) is 25.3 Å². The van der Waals surface area contributed by atoms with Gasteiger partial charge in [-0.3, -0.25) is 0 Å². The van der Waals surface area contributed by atoms with Gasteiger partial charge in [-0.15, -0.1) is 0 Å². The lowest BCUT2D eigenvalue weighted by Crippen LogP contribution is -2.59. The van der Waals surface area contributed by atoms with E-state index in [9.17, 15) is 4.39 Å². The van der Waals surface area contributed by atoms with Crippen molar-refractivity contribution in [1.82, 2.24) is 5.32 Å². The Bertz CT molecular complexity index is 320. The highest BCUT2D eigenvalue weighted by atomic mass is 19.1. The molecule has 1 atom stereocenters. The van der Waals surface area contributed by atoms with E-state index < -0.39 is 0 Å². The second-order valence-electron chi connectivity index (χ2n) is 4.21. The molecular formula is C11H14FN. The van der Waals surface area contributed by atoms with Gasteiger partial charge in [0.1, 0.15) is 5.82 Å². The molecule has 0 saturated carbocycles. The average Bonchev–Trinajstić information content (AvgIpc) is 2.02. The zero-order chi connectivity index (χ0) is 9.47. The smallest absolute Gasteiger partial charge is 0.123 e. The zero-order valence-electron chi connectivity index (χ0n) is 7.97. The standard InChI is InChI=1S/C11H14FN/c1-11(2)10(7-13-11)8-4-3-5-9(12)6-8/h3-6,10,13H,7H2,1-2H3. The maximum Gasteiger partial charge on any atom is 0.123 e. The number of hydrogen-bond acceptors (Lipinski definition) is 1. The first-order valence-corrected chi connectivity index (χ1v) is 4.60. The minimum absolute atomic E-state index is 0.119. The summed E-state index contributed by atoms with van der Waals surface area (Å²) < 4.78 is 12.9. The molecule has 1 heterocycles. The summed E-state index contributed by atoms with van der Waals surface area (Å²) >= 11 is 0. The molecule has 1 aromatic rings. The van der Waals surface area contributed by atoms with Crippen molar-refractivity contribution >= 4 is 0 Å². The largest absolute Gasteiger partial charge is 0.310 e. The van der Waals surface area contributed by atoms with Crippen LogP contribution in [-0.4, -0.2) is 12.1 Å². The molecule has 1 N–H and O–H groups in total. The quantitative estimate of drug-likeness (QED) is 0.697. The van der Waals surface area contributed by atoms with Crippen molar-refractivity contribution < 1.29 is 4.39 Å². The monoisotopic (exact) mass is 179 g/mol. The van der Waals surface area contributed by atoms with E-state index in [1.165, 1.54) is 6.07 Å². The Morgan fingerprint density at radius 2 is 2.23 bits per heavy atom. The highest BCUT2D eigenvalue weighted by molar-refractivity contribution is 5.27. The van der Waals surface area contributed by atoms with Crippen LogP contribution in [0, 0.1) is 5.82 Å². The highest BCUT2D eigenvalue weighted by Crippen LogP contribution is 2.34. The number of rotatable bonds is 1. The van der Waals surface area contributed by atoms with E-state index in [1.54, 1.807) is 12.1 Å². The van der Waals surface area contributed by atoms with Gasteiger partial charge in [0.2, 0.25) is 0 Å². The van der Waals surface area contributed by atoms with Gasteiger partial charge in [-0.05, 0) is 31.5 Å². The fourth-order valence-corrected chi connectivity index (χ4v) is 1.87. The van der Waals surface area contributed by atoms with Gasteiger partial charge in [0, 0.05) is 18.0 Å². The number of nitrogens with one attached hydrogen (secondary N) is 1. The van der Waals surface area contributed by atoms with E-state index in [0.717, 1.165) is 12.1 Å². The predicted molar refractivity (Wildman–Crippen MR) is 51.2 cm³/mol. The van der Waals surface area contributed by atoms with Gasteiger partial charge in [0.25, 0.3) is 0 Å². The molecule has 2 heteroatoms. The van der Waals surface area contributed by atoms with Crippen molar-refractivity contribution in [3.63, 3.8) is 0 Å². The molecule has 1 nitrogen and oxygen atoms in total. The van der Waals surface area contributed by atoms with Crippen molar-refractivity contribution in [2.75, 3.05) is 6.54 Å². The first-order chi connectivity index (χ1) is 6.09. The molecule has 0 spiro atoms. The molecular weight excluding hydrogens is 165 g/mol. The molecule has 1 aliphatic heterocycles. The molecule has 13 heavy (non-hydrogen) atoms. The topological polar surface area (TPSA) is 12.0 Å². The van der Waals surface area contributed by atoms with Crippen LogP contribution >= 0.6 is 0 Å². The Morgan fingerprint density at radius 3 is 2.69 bits per heavy atom. The third kappa shape index (κ3) is 1.46. The van der Waals surface area contributed by atoms with Gasteiger partial charge in [-0.2, -0.15) is 0 Å². The second kappa shape index (κ2) is 2.81. The van der Waals surface area contributed by atoms with Crippen LogP contribution in [0.1, 0.15) is 25.3 Å². The van der Waals surface area contributed by atoms with E-state index in [0.29, 0.717) is 5.92 Å². The van der Waals surface area contributed by atoms with Crippen LogP contribution in [0.5, 0.6) is 0 Å². The van der Waals surface area contributed by atoms with Gasteiger partial charge < -0.3 is 5.32 Å². The van der Waals surface area contributed by atoms with Crippen molar-refractivity contribution in [1.29, 1.82) is 0 Å². The van der Waals surface area contributed by atoms with E-state index in [4.69, 9.17) is 0 Å². The summed E-state index contributed by atoms with van der Waals surface area (Å²) in [5.74, 6) is 0.309. The van der Waals surface area contributed by atoms with Gasteiger partial charge in [0.15, 0.2) is 0 Å². The van der Waals surface area contributed by atoms with E-state index in [-0.39, 0.29) is 11.4 Å². The van der Waals surface area contributed by atoms with Gasteiger partial charge in [0.05, 0.1) is 0 Å². The molecule has 1 fully saturated rings. The molecule has 0 bridgehead atoms. The highest BCUT2D eigenvalue weighted by Gasteiger charge is 2.38. The van der Waals surface area contributed by atoms with Crippen LogP contribution in [0.15, 0.2) is 24.3 Å². The first-order valence-electron chi connectivity index (χ1n) is 4.60. The summed E-state index contributed by atoms with van der Waals surface area (Å²) in [5, 5.41) is 3.33. The third-order valence-electron chi connectivity index (χ3n) is 2.88. The zero-order valence-corrected chi connectivity index (χ0v) is 7.97. The molecule has 0 aliphatic carbocycles. The molecule has 1 saturated heterocycles. The van der Waals surface area contributed by atoms with Gasteiger partial charge in [-0.1, -0.05) is 12.1 Å². The lowest BCUT2D eigenvalue weighted by molar-refractivity contribution is 0.208. The van der Waals surface area contributed by atoms with Gasteiger partial charge in [-0.25, -0.2) is 4.39 Å². The fraction of sp³-hybridized carbons (Fsp3) is 0.455. The number of benzene rings is 1. The molecule has 0 aromatic heterocycles. The van der Waals surface area contributed by atoms with Crippen molar-refractivity contribution in [3.8, 4) is 0 Å². The Balaban J connectivity index is 2.26. The maximum absolute atomic E-state index is 12.9. The Kier molecular flexibility index (Phi) is 1.88. The van der Waals surface area contributed by atoms with Crippen molar-refractivity contribution in [2.24, 2.45) is 0 Å². The Labute approximate surface area is 78.0 Å². The van der Waals surface area contributed by atoms with Crippen molar-refractivity contribution in [3.05, 3.63) is 35.6 Å². The van der Waals surface area contributed by atoms with Crippen LogP contribution < -0.4 is 5.32 Å². The summed E-state index contributed by atoms with van der Waals surface area (Å²) in [5.41, 5.74) is 1.22. The molecule has 1 aliphatic rings. The normalized spacial score (nSPS) is 25.3. The lowest BCUT2D eigenvalue weighted by atomic mass is 9.75. The van der Waals surface area contributed by atoms with E-state index >= 15 is 0 Å². The SMILES string of the molecule is CC1(C)NCC1c1cccc(F)c1. The first kappa shape index (κ1) is 8.70. The van der Waals surface area contributed by atoms with E-state index in [2.05, 4.69) is 19.2 Å². The van der Waals surface area contributed by atoms with Crippen LogP contribution in [0.25, 0.3) is 0 Å². The molecule has 0 amide bonds. The Morgan fingerprint density at radius 1 is 1.46 bits per heavy atom.